The molecular formula is C17H21NO. The highest BCUT2D eigenvalue weighted by Gasteiger charge is 2.50. The van der Waals surface area contributed by atoms with Crippen molar-refractivity contribution in [3.63, 3.8) is 0 Å². The monoisotopic (exact) mass is 255 g/mol. The molecule has 2 nitrogen and oxygen atoms in total. The van der Waals surface area contributed by atoms with Gasteiger partial charge in [0.15, 0.2) is 0 Å². The fraction of sp³-hybridized carbons (Fsp3) is 0.588. The third-order valence-corrected chi connectivity index (χ3v) is 5.57. The molecule has 4 aliphatic carbocycles. The largest absolute Gasteiger partial charge is 0.326 e. The van der Waals surface area contributed by atoms with Crippen LogP contribution in [0, 0.1) is 29.6 Å². The van der Waals surface area contributed by atoms with Gasteiger partial charge in [0, 0.05) is 11.6 Å². The maximum absolute atomic E-state index is 12.6. The molecule has 1 N–H and O–H groups in total. The summed E-state index contributed by atoms with van der Waals surface area (Å²) < 4.78 is 0. The summed E-state index contributed by atoms with van der Waals surface area (Å²) in [6, 6.07) is 9.90. The number of rotatable bonds is 2. The van der Waals surface area contributed by atoms with E-state index in [2.05, 4.69) is 5.32 Å². The number of carbonyl (C=O) groups is 1. The van der Waals surface area contributed by atoms with Crippen molar-refractivity contribution in [2.24, 2.45) is 29.6 Å². The summed E-state index contributed by atoms with van der Waals surface area (Å²) in [7, 11) is 0. The third-order valence-electron chi connectivity index (χ3n) is 5.57. The highest BCUT2D eigenvalue weighted by atomic mass is 16.1. The molecule has 19 heavy (non-hydrogen) atoms. The van der Waals surface area contributed by atoms with Gasteiger partial charge in [-0.2, -0.15) is 0 Å². The Hall–Kier alpha value is -1.31. The number of carbonyl (C=O) groups excluding carboxylic acids is 1. The van der Waals surface area contributed by atoms with Crippen LogP contribution in [0.25, 0.3) is 0 Å². The normalized spacial score (nSPS) is 39.3. The molecule has 4 bridgehead atoms. The summed E-state index contributed by atoms with van der Waals surface area (Å²) in [6.07, 6.45) is 6.67. The zero-order chi connectivity index (χ0) is 12.8. The van der Waals surface area contributed by atoms with Crippen LogP contribution >= 0.6 is 0 Å². The van der Waals surface area contributed by atoms with Gasteiger partial charge in [0.05, 0.1) is 0 Å². The Morgan fingerprint density at radius 1 is 0.895 bits per heavy atom. The van der Waals surface area contributed by atoms with Crippen molar-refractivity contribution in [3.8, 4) is 0 Å². The molecular weight excluding hydrogens is 234 g/mol. The molecule has 5 rings (SSSR count). The Morgan fingerprint density at radius 3 is 2.05 bits per heavy atom. The van der Waals surface area contributed by atoms with Crippen molar-refractivity contribution in [1.82, 2.24) is 0 Å². The Balaban J connectivity index is 1.51. The van der Waals surface area contributed by atoms with E-state index < -0.39 is 0 Å². The van der Waals surface area contributed by atoms with Gasteiger partial charge in [-0.15, -0.1) is 0 Å². The van der Waals surface area contributed by atoms with Crippen molar-refractivity contribution in [2.45, 2.75) is 32.1 Å². The van der Waals surface area contributed by atoms with Gasteiger partial charge in [0.25, 0.3) is 0 Å². The molecule has 0 atom stereocenters. The average molecular weight is 255 g/mol. The lowest BCUT2D eigenvalue weighted by Gasteiger charge is -2.53. The Morgan fingerprint density at radius 2 is 1.47 bits per heavy atom. The minimum absolute atomic E-state index is 0.278. The highest BCUT2D eigenvalue weighted by Crippen LogP contribution is 2.56. The number of hydrogen-bond donors (Lipinski definition) is 1. The van der Waals surface area contributed by atoms with E-state index in [1.165, 1.54) is 32.1 Å². The standard InChI is InChI=1S/C17H21NO/c19-17(18-15-4-2-1-3-5-15)16-13-7-11-6-12(9-13)10-14(16)8-11/h1-5,11-14,16H,6-10H2,(H,18,19). The lowest BCUT2D eigenvalue weighted by atomic mass is 9.51. The van der Waals surface area contributed by atoms with Crippen LogP contribution in [0.1, 0.15) is 32.1 Å². The summed E-state index contributed by atoms with van der Waals surface area (Å²) >= 11 is 0. The predicted octanol–water partition coefficient (Wildman–Crippen LogP) is 3.70. The Labute approximate surface area is 114 Å². The molecule has 2 heteroatoms. The van der Waals surface area contributed by atoms with E-state index in [-0.39, 0.29) is 11.8 Å². The molecule has 0 aliphatic heterocycles. The molecule has 1 aromatic rings. The van der Waals surface area contributed by atoms with Crippen LogP contribution in [0.3, 0.4) is 0 Å². The zero-order valence-corrected chi connectivity index (χ0v) is 11.2. The van der Waals surface area contributed by atoms with Crippen molar-refractivity contribution in [3.05, 3.63) is 30.3 Å². The van der Waals surface area contributed by atoms with E-state index in [1.54, 1.807) is 0 Å². The first-order chi connectivity index (χ1) is 9.29. The van der Waals surface area contributed by atoms with Gasteiger partial charge in [-0.3, -0.25) is 4.79 Å². The SMILES string of the molecule is O=C(Nc1ccccc1)C1C2CC3CC(C2)CC1C3. The fourth-order valence-corrected chi connectivity index (χ4v) is 5.10. The van der Waals surface area contributed by atoms with E-state index in [0.717, 1.165) is 17.5 Å². The smallest absolute Gasteiger partial charge is 0.228 e. The summed E-state index contributed by atoms with van der Waals surface area (Å²) in [4.78, 5) is 12.6. The molecule has 1 amide bonds. The summed E-state index contributed by atoms with van der Waals surface area (Å²) in [5, 5.41) is 3.13. The molecule has 0 spiro atoms. The number of amides is 1. The van der Waals surface area contributed by atoms with E-state index in [0.29, 0.717) is 11.8 Å². The van der Waals surface area contributed by atoms with Gasteiger partial charge in [0.2, 0.25) is 5.91 Å². The van der Waals surface area contributed by atoms with Crippen molar-refractivity contribution in [2.75, 3.05) is 5.32 Å². The van der Waals surface area contributed by atoms with E-state index >= 15 is 0 Å². The van der Waals surface area contributed by atoms with Gasteiger partial charge in [-0.25, -0.2) is 0 Å². The minimum atomic E-state index is 0.278. The van der Waals surface area contributed by atoms with Crippen LogP contribution in [0.4, 0.5) is 5.69 Å². The first-order valence-corrected chi connectivity index (χ1v) is 7.65. The first kappa shape index (κ1) is 11.5. The first-order valence-electron chi connectivity index (χ1n) is 7.65. The number of hydrogen-bond acceptors (Lipinski definition) is 1. The molecule has 4 saturated carbocycles. The van der Waals surface area contributed by atoms with Gasteiger partial charge in [-0.1, -0.05) is 18.2 Å². The molecule has 0 radical (unpaired) electrons. The number of anilines is 1. The van der Waals surface area contributed by atoms with Crippen LogP contribution in [0.5, 0.6) is 0 Å². The fourth-order valence-electron chi connectivity index (χ4n) is 5.10. The maximum Gasteiger partial charge on any atom is 0.228 e. The number of nitrogens with one attached hydrogen (secondary N) is 1. The molecule has 100 valence electrons. The highest BCUT2D eigenvalue weighted by molar-refractivity contribution is 5.93. The molecule has 0 aromatic heterocycles. The van der Waals surface area contributed by atoms with Crippen LogP contribution in [-0.2, 0) is 4.79 Å². The van der Waals surface area contributed by atoms with Crippen molar-refractivity contribution >= 4 is 11.6 Å². The topological polar surface area (TPSA) is 29.1 Å². The quantitative estimate of drug-likeness (QED) is 0.857. The Bertz CT molecular complexity index is 453. The van der Waals surface area contributed by atoms with Crippen LogP contribution in [0.2, 0.25) is 0 Å². The second-order valence-corrected chi connectivity index (χ2v) is 6.81. The van der Waals surface area contributed by atoms with Crippen molar-refractivity contribution in [1.29, 1.82) is 0 Å². The van der Waals surface area contributed by atoms with Gasteiger partial charge in [-0.05, 0) is 67.9 Å². The van der Waals surface area contributed by atoms with Crippen LogP contribution in [-0.4, -0.2) is 5.91 Å². The van der Waals surface area contributed by atoms with Gasteiger partial charge in [0.1, 0.15) is 0 Å². The van der Waals surface area contributed by atoms with E-state index in [1.807, 2.05) is 30.3 Å². The second-order valence-electron chi connectivity index (χ2n) is 6.81. The zero-order valence-electron chi connectivity index (χ0n) is 11.2. The molecule has 0 saturated heterocycles. The van der Waals surface area contributed by atoms with Gasteiger partial charge < -0.3 is 5.32 Å². The van der Waals surface area contributed by atoms with Crippen molar-refractivity contribution < 1.29 is 4.79 Å². The summed E-state index contributed by atoms with van der Waals surface area (Å²) in [6.45, 7) is 0. The molecule has 4 aliphatic rings. The molecule has 0 heterocycles. The maximum atomic E-state index is 12.6. The summed E-state index contributed by atoms with van der Waals surface area (Å²) in [5.74, 6) is 3.76. The molecule has 1 aromatic carbocycles. The number of benzene rings is 1. The number of para-hydroxylation sites is 1. The molecule has 0 unspecified atom stereocenters. The Kier molecular flexibility index (Phi) is 2.64. The van der Waals surface area contributed by atoms with Crippen LogP contribution in [0.15, 0.2) is 30.3 Å². The van der Waals surface area contributed by atoms with E-state index in [4.69, 9.17) is 0 Å². The molecule has 4 fully saturated rings. The van der Waals surface area contributed by atoms with E-state index in [9.17, 15) is 4.79 Å². The second kappa shape index (κ2) is 4.36. The third kappa shape index (κ3) is 1.98. The minimum Gasteiger partial charge on any atom is -0.326 e. The lowest BCUT2D eigenvalue weighted by Crippen LogP contribution is -2.49. The predicted molar refractivity (Wildman–Crippen MR) is 75.6 cm³/mol. The summed E-state index contributed by atoms with van der Waals surface area (Å²) in [5.41, 5.74) is 0.946. The van der Waals surface area contributed by atoms with Crippen LogP contribution < -0.4 is 5.32 Å². The lowest BCUT2D eigenvalue weighted by molar-refractivity contribution is -0.132. The average Bonchev–Trinajstić information content (AvgIpc) is 2.38. The van der Waals surface area contributed by atoms with Gasteiger partial charge >= 0.3 is 0 Å².